The van der Waals surface area contributed by atoms with Gasteiger partial charge in [-0.1, -0.05) is 36.4 Å². The van der Waals surface area contributed by atoms with Crippen molar-refractivity contribution < 1.29 is 9.21 Å². The number of benzene rings is 2. The van der Waals surface area contributed by atoms with Crippen LogP contribution in [-0.2, 0) is 6.42 Å². The third-order valence-electron chi connectivity index (χ3n) is 6.30. The van der Waals surface area contributed by atoms with Gasteiger partial charge in [-0.2, -0.15) is 5.10 Å². The summed E-state index contributed by atoms with van der Waals surface area (Å²) in [6.45, 7) is 5.01. The number of piperazine rings is 1. The van der Waals surface area contributed by atoms with Crippen molar-refractivity contribution >= 4 is 23.0 Å². The third kappa shape index (κ3) is 4.00. The SMILES string of the molecule is Cc1c(C(=O)N2CCN(c3ccccc3)CC2)oc2c1/C(=N/Nc1ccccc1)CCC2. The molecule has 0 bridgehead atoms. The quantitative estimate of drug-likeness (QED) is 0.612. The Morgan fingerprint density at radius 3 is 2.34 bits per heavy atom. The van der Waals surface area contributed by atoms with Gasteiger partial charge in [-0.05, 0) is 44.0 Å². The number of fused-ring (bicyclic) bond motifs is 1. The molecule has 0 atom stereocenters. The van der Waals surface area contributed by atoms with Crippen LogP contribution in [0.1, 0.15) is 40.3 Å². The summed E-state index contributed by atoms with van der Waals surface area (Å²) in [7, 11) is 0. The normalized spacial score (nSPS) is 17.3. The smallest absolute Gasteiger partial charge is 0.289 e. The summed E-state index contributed by atoms with van der Waals surface area (Å²) >= 11 is 0. The van der Waals surface area contributed by atoms with Gasteiger partial charge in [0.15, 0.2) is 5.76 Å². The fourth-order valence-corrected chi connectivity index (χ4v) is 4.58. The lowest BCUT2D eigenvalue weighted by atomic mass is 9.93. The highest BCUT2D eigenvalue weighted by Gasteiger charge is 2.31. The maximum Gasteiger partial charge on any atom is 0.289 e. The Labute approximate surface area is 188 Å². The molecule has 1 aliphatic heterocycles. The summed E-state index contributed by atoms with van der Waals surface area (Å²) in [6.07, 6.45) is 2.69. The predicted molar refractivity (Wildman–Crippen MR) is 128 cm³/mol. The fourth-order valence-electron chi connectivity index (χ4n) is 4.58. The number of nitrogens with one attached hydrogen (secondary N) is 1. The molecule has 1 aliphatic carbocycles. The summed E-state index contributed by atoms with van der Waals surface area (Å²) in [5, 5.41) is 4.66. The molecule has 0 spiro atoms. The molecule has 2 heterocycles. The van der Waals surface area contributed by atoms with E-state index in [9.17, 15) is 4.79 Å². The average Bonchev–Trinajstić information content (AvgIpc) is 3.20. The van der Waals surface area contributed by atoms with Crippen LogP contribution in [0.5, 0.6) is 0 Å². The van der Waals surface area contributed by atoms with Crippen molar-refractivity contribution in [1.82, 2.24) is 4.90 Å². The Morgan fingerprint density at radius 2 is 1.62 bits per heavy atom. The molecule has 1 aromatic heterocycles. The second-order valence-electron chi connectivity index (χ2n) is 8.36. The van der Waals surface area contributed by atoms with Gasteiger partial charge in [0.25, 0.3) is 5.91 Å². The second kappa shape index (κ2) is 8.91. The highest BCUT2D eigenvalue weighted by Crippen LogP contribution is 2.31. The number of hydrazone groups is 1. The molecule has 0 saturated carbocycles. The summed E-state index contributed by atoms with van der Waals surface area (Å²) in [5.41, 5.74) is 8.17. The van der Waals surface area contributed by atoms with Crippen LogP contribution in [0.4, 0.5) is 11.4 Å². The van der Waals surface area contributed by atoms with E-state index < -0.39 is 0 Å². The van der Waals surface area contributed by atoms with Gasteiger partial charge < -0.3 is 14.2 Å². The highest BCUT2D eigenvalue weighted by atomic mass is 16.4. The Bertz CT molecular complexity index is 1110. The van der Waals surface area contributed by atoms with Gasteiger partial charge in [0.05, 0.1) is 11.4 Å². The lowest BCUT2D eigenvalue weighted by Gasteiger charge is -2.35. The van der Waals surface area contributed by atoms with Crippen LogP contribution >= 0.6 is 0 Å². The van der Waals surface area contributed by atoms with Crippen molar-refractivity contribution in [2.24, 2.45) is 5.10 Å². The number of aryl methyl sites for hydroxylation is 1. The van der Waals surface area contributed by atoms with Gasteiger partial charge >= 0.3 is 0 Å². The second-order valence-corrected chi connectivity index (χ2v) is 8.36. The van der Waals surface area contributed by atoms with E-state index in [2.05, 4.69) is 39.7 Å². The number of carbonyl (C=O) groups excluding carboxylic acids is 1. The van der Waals surface area contributed by atoms with Crippen LogP contribution in [0.25, 0.3) is 0 Å². The van der Waals surface area contributed by atoms with E-state index >= 15 is 0 Å². The van der Waals surface area contributed by atoms with Crippen LogP contribution < -0.4 is 10.3 Å². The molecular weight excluding hydrogens is 400 g/mol. The minimum Gasteiger partial charge on any atom is -0.455 e. The van der Waals surface area contributed by atoms with E-state index in [0.29, 0.717) is 18.8 Å². The molecule has 1 N–H and O–H groups in total. The van der Waals surface area contributed by atoms with Crippen molar-refractivity contribution in [3.63, 3.8) is 0 Å². The van der Waals surface area contributed by atoms with E-state index in [0.717, 1.165) is 60.6 Å². The van der Waals surface area contributed by atoms with Crippen LogP contribution in [0.15, 0.2) is 70.2 Å². The van der Waals surface area contributed by atoms with Gasteiger partial charge in [-0.25, -0.2) is 0 Å². The van der Waals surface area contributed by atoms with Crippen LogP contribution in [0.3, 0.4) is 0 Å². The summed E-state index contributed by atoms with van der Waals surface area (Å²) in [5.74, 6) is 1.34. The largest absolute Gasteiger partial charge is 0.455 e. The van der Waals surface area contributed by atoms with Gasteiger partial charge in [-0.3, -0.25) is 10.2 Å². The van der Waals surface area contributed by atoms with Crippen molar-refractivity contribution in [2.45, 2.75) is 26.2 Å². The molecule has 2 aliphatic rings. The van der Waals surface area contributed by atoms with Gasteiger partial charge in [0, 0.05) is 49.4 Å². The number of carbonyl (C=O) groups is 1. The number of rotatable bonds is 4. The standard InChI is InChI=1S/C26H28N4O2/c1-19-24-22(28-27-20-9-4-2-5-10-20)13-8-14-23(24)32-25(19)26(31)30-17-15-29(16-18-30)21-11-6-3-7-12-21/h2-7,9-12,27H,8,13-18H2,1H3/b28-22+. The number of furan rings is 1. The maximum atomic E-state index is 13.3. The first-order valence-electron chi connectivity index (χ1n) is 11.3. The minimum absolute atomic E-state index is 0.0139. The summed E-state index contributed by atoms with van der Waals surface area (Å²) in [4.78, 5) is 17.6. The van der Waals surface area contributed by atoms with Gasteiger partial charge in [-0.15, -0.1) is 0 Å². The average molecular weight is 429 g/mol. The van der Waals surface area contributed by atoms with E-state index in [-0.39, 0.29) is 5.91 Å². The maximum absolute atomic E-state index is 13.3. The fraction of sp³-hybridized carbons (Fsp3) is 0.308. The molecule has 32 heavy (non-hydrogen) atoms. The summed E-state index contributed by atoms with van der Waals surface area (Å²) < 4.78 is 6.13. The molecule has 6 nitrogen and oxygen atoms in total. The number of para-hydroxylation sites is 2. The van der Waals surface area contributed by atoms with Gasteiger partial charge in [0.2, 0.25) is 0 Å². The van der Waals surface area contributed by atoms with E-state index in [1.165, 1.54) is 5.69 Å². The molecule has 0 unspecified atom stereocenters. The number of nitrogens with zero attached hydrogens (tertiary/aromatic N) is 3. The van der Waals surface area contributed by atoms with Gasteiger partial charge in [0.1, 0.15) is 5.76 Å². The molecule has 1 saturated heterocycles. The first-order valence-corrected chi connectivity index (χ1v) is 11.3. The zero-order valence-electron chi connectivity index (χ0n) is 18.4. The molecule has 1 fully saturated rings. The molecule has 6 heteroatoms. The first kappa shape index (κ1) is 20.4. The molecule has 5 rings (SSSR count). The molecule has 2 aromatic carbocycles. The van der Waals surface area contributed by atoms with Crippen LogP contribution in [0, 0.1) is 6.92 Å². The molecule has 0 radical (unpaired) electrons. The minimum atomic E-state index is -0.0139. The monoisotopic (exact) mass is 428 g/mol. The van der Waals surface area contributed by atoms with Crippen molar-refractivity contribution in [1.29, 1.82) is 0 Å². The van der Waals surface area contributed by atoms with E-state index in [1.54, 1.807) is 0 Å². The van der Waals surface area contributed by atoms with E-state index in [1.807, 2.05) is 48.2 Å². The Balaban J connectivity index is 1.32. The molecule has 3 aromatic rings. The Hall–Kier alpha value is -3.54. The Morgan fingerprint density at radius 1 is 0.938 bits per heavy atom. The summed E-state index contributed by atoms with van der Waals surface area (Å²) in [6, 6.07) is 20.3. The zero-order valence-corrected chi connectivity index (χ0v) is 18.4. The Kier molecular flexibility index (Phi) is 5.67. The topological polar surface area (TPSA) is 61.1 Å². The first-order chi connectivity index (χ1) is 15.7. The molecule has 164 valence electrons. The number of hydrogen-bond donors (Lipinski definition) is 1. The number of amides is 1. The van der Waals surface area contributed by atoms with E-state index in [4.69, 9.17) is 4.42 Å². The lowest BCUT2D eigenvalue weighted by Crippen LogP contribution is -2.48. The highest BCUT2D eigenvalue weighted by molar-refractivity contribution is 6.06. The third-order valence-corrected chi connectivity index (χ3v) is 6.30. The van der Waals surface area contributed by atoms with Crippen molar-refractivity contribution in [3.05, 3.63) is 83.3 Å². The van der Waals surface area contributed by atoms with Crippen LogP contribution in [-0.4, -0.2) is 42.7 Å². The number of hydrogen-bond acceptors (Lipinski definition) is 5. The van der Waals surface area contributed by atoms with Crippen molar-refractivity contribution in [3.8, 4) is 0 Å². The molecular formula is C26H28N4O2. The number of anilines is 2. The predicted octanol–water partition coefficient (Wildman–Crippen LogP) is 4.70. The van der Waals surface area contributed by atoms with Crippen molar-refractivity contribution in [2.75, 3.05) is 36.5 Å². The van der Waals surface area contributed by atoms with Crippen LogP contribution in [0.2, 0.25) is 0 Å². The zero-order chi connectivity index (χ0) is 21.9. The lowest BCUT2D eigenvalue weighted by molar-refractivity contribution is 0.0711. The molecule has 1 amide bonds.